The van der Waals surface area contributed by atoms with Crippen LogP contribution in [0.15, 0.2) is 12.4 Å². The number of aromatic amines is 1. The summed E-state index contributed by atoms with van der Waals surface area (Å²) in [5.74, 6) is 1.97. The van der Waals surface area contributed by atoms with Gasteiger partial charge in [0, 0.05) is 43.2 Å². The van der Waals surface area contributed by atoms with Gasteiger partial charge in [0.25, 0.3) is 0 Å². The van der Waals surface area contributed by atoms with Gasteiger partial charge in [-0.05, 0) is 46.8 Å². The van der Waals surface area contributed by atoms with Gasteiger partial charge in [0.2, 0.25) is 0 Å². The number of likely N-dealkylation sites (tertiary alicyclic amines) is 1. The first-order valence-corrected chi connectivity index (χ1v) is 9.80. The average molecular weight is 357 g/mol. The molecule has 1 aliphatic heterocycles. The number of rotatable bonds is 8. The van der Waals surface area contributed by atoms with E-state index in [4.69, 9.17) is 4.98 Å². The fraction of sp³-hybridized carbons (Fsp3) is 0.650. The van der Waals surface area contributed by atoms with Gasteiger partial charge in [0.05, 0.1) is 11.7 Å². The number of imidazole rings is 1. The molecule has 0 unspecified atom stereocenters. The third kappa shape index (κ3) is 4.68. The third-order valence-electron chi connectivity index (χ3n) is 5.01. The van der Waals surface area contributed by atoms with Crippen LogP contribution in [-0.2, 0) is 19.5 Å². The molecule has 0 amide bonds. The van der Waals surface area contributed by atoms with Gasteiger partial charge in [-0.2, -0.15) is 0 Å². The number of hydrogen-bond donors (Lipinski definition) is 1. The van der Waals surface area contributed by atoms with Crippen molar-refractivity contribution in [1.82, 2.24) is 29.7 Å². The minimum atomic E-state index is 0.369. The lowest BCUT2D eigenvalue weighted by molar-refractivity contribution is 0.238. The van der Waals surface area contributed by atoms with Gasteiger partial charge in [-0.25, -0.2) is 15.0 Å². The van der Waals surface area contributed by atoms with Crippen molar-refractivity contribution in [2.45, 2.75) is 65.1 Å². The lowest BCUT2D eigenvalue weighted by Crippen LogP contribution is -2.26. The fourth-order valence-electron chi connectivity index (χ4n) is 3.76. The zero-order chi connectivity index (χ0) is 18.5. The van der Waals surface area contributed by atoms with E-state index in [2.05, 4.69) is 45.8 Å². The maximum absolute atomic E-state index is 4.84. The number of aromatic nitrogens is 4. The number of nitrogens with zero attached hydrogens (tertiary/aromatic N) is 5. The fourth-order valence-corrected chi connectivity index (χ4v) is 3.76. The maximum atomic E-state index is 4.84. The first kappa shape index (κ1) is 19.0. The summed E-state index contributed by atoms with van der Waals surface area (Å²) < 4.78 is 0. The Morgan fingerprint density at radius 3 is 2.88 bits per heavy atom. The van der Waals surface area contributed by atoms with Gasteiger partial charge >= 0.3 is 0 Å². The van der Waals surface area contributed by atoms with E-state index in [0.717, 1.165) is 44.1 Å². The number of nitrogens with one attached hydrogen (secondary N) is 1. The van der Waals surface area contributed by atoms with Gasteiger partial charge in [0.15, 0.2) is 0 Å². The number of aryl methyl sites for hydroxylation is 2. The lowest BCUT2D eigenvalue weighted by Gasteiger charge is -2.26. The molecule has 3 rings (SSSR count). The maximum Gasteiger partial charge on any atom is 0.125 e. The van der Waals surface area contributed by atoms with Gasteiger partial charge < -0.3 is 9.88 Å². The van der Waals surface area contributed by atoms with Crippen LogP contribution >= 0.6 is 0 Å². The molecule has 1 aliphatic rings. The minimum absolute atomic E-state index is 0.369. The summed E-state index contributed by atoms with van der Waals surface area (Å²) in [5, 5.41) is 0. The predicted octanol–water partition coefficient (Wildman–Crippen LogP) is 3.25. The zero-order valence-corrected chi connectivity index (χ0v) is 16.6. The molecule has 0 saturated carbocycles. The van der Waals surface area contributed by atoms with Gasteiger partial charge in [-0.3, -0.25) is 4.90 Å². The van der Waals surface area contributed by atoms with Crippen molar-refractivity contribution in [3.63, 3.8) is 0 Å². The van der Waals surface area contributed by atoms with Crippen LogP contribution in [0.5, 0.6) is 0 Å². The Labute approximate surface area is 157 Å². The van der Waals surface area contributed by atoms with Crippen molar-refractivity contribution in [2.75, 3.05) is 20.6 Å². The first-order chi connectivity index (χ1) is 12.6. The van der Waals surface area contributed by atoms with Crippen LogP contribution in [0.1, 0.15) is 67.2 Å². The molecule has 2 aromatic heterocycles. The Morgan fingerprint density at radius 1 is 1.27 bits per heavy atom. The minimum Gasteiger partial charge on any atom is -0.345 e. The highest BCUT2D eigenvalue weighted by Gasteiger charge is 2.29. The summed E-state index contributed by atoms with van der Waals surface area (Å²) in [6.45, 7) is 7.10. The van der Waals surface area contributed by atoms with Crippen LogP contribution < -0.4 is 0 Å². The standard InChI is InChI=1S/C20H32N6/c1-5-6-9-19-22-12-17(24-19)14-26-10-7-8-18(26)20-16(13-25(3)4)11-21-15(2)23-20/h11-12,18H,5-10,13-14H2,1-4H3,(H,22,24)/t18-/m0/s1. The molecule has 1 saturated heterocycles. The van der Waals surface area contributed by atoms with Crippen molar-refractivity contribution in [1.29, 1.82) is 0 Å². The monoisotopic (exact) mass is 356 g/mol. The van der Waals surface area contributed by atoms with Crippen LogP contribution in [0, 0.1) is 6.92 Å². The smallest absolute Gasteiger partial charge is 0.125 e. The lowest BCUT2D eigenvalue weighted by atomic mass is 10.1. The number of unbranched alkanes of at least 4 members (excludes halogenated alkanes) is 1. The largest absolute Gasteiger partial charge is 0.345 e. The summed E-state index contributed by atoms with van der Waals surface area (Å²) in [5.41, 5.74) is 3.66. The molecule has 1 N–H and O–H groups in total. The van der Waals surface area contributed by atoms with E-state index in [9.17, 15) is 0 Å². The predicted molar refractivity (Wildman–Crippen MR) is 104 cm³/mol. The Morgan fingerprint density at radius 2 is 2.12 bits per heavy atom. The summed E-state index contributed by atoms with van der Waals surface area (Å²) in [6, 6.07) is 0.369. The second-order valence-electron chi connectivity index (χ2n) is 7.65. The SMILES string of the molecule is CCCCc1ncc(CN2CCC[C@H]2c2nc(C)ncc2CN(C)C)[nH]1. The number of hydrogen-bond acceptors (Lipinski definition) is 5. The van der Waals surface area contributed by atoms with Crippen LogP contribution in [0.25, 0.3) is 0 Å². The molecule has 26 heavy (non-hydrogen) atoms. The molecule has 2 aromatic rings. The van der Waals surface area contributed by atoms with Crippen molar-refractivity contribution >= 4 is 0 Å². The quantitative estimate of drug-likeness (QED) is 0.787. The number of H-pyrrole nitrogens is 1. The molecule has 6 nitrogen and oxygen atoms in total. The summed E-state index contributed by atoms with van der Waals surface area (Å²) in [4.78, 5) is 22.1. The molecular formula is C20H32N6. The van der Waals surface area contributed by atoms with E-state index in [-0.39, 0.29) is 0 Å². The molecule has 0 bridgehead atoms. The summed E-state index contributed by atoms with van der Waals surface area (Å²) in [6.07, 6.45) is 9.82. The van der Waals surface area contributed by atoms with E-state index in [1.807, 2.05) is 19.3 Å². The Hall–Kier alpha value is -1.79. The van der Waals surface area contributed by atoms with Crippen LogP contribution in [0.2, 0.25) is 0 Å². The Balaban J connectivity index is 1.76. The van der Waals surface area contributed by atoms with Gasteiger partial charge in [-0.15, -0.1) is 0 Å². The molecule has 142 valence electrons. The molecular weight excluding hydrogens is 324 g/mol. The molecule has 1 atom stereocenters. The van der Waals surface area contributed by atoms with Crippen molar-refractivity contribution in [3.8, 4) is 0 Å². The molecule has 3 heterocycles. The van der Waals surface area contributed by atoms with Gasteiger partial charge in [0.1, 0.15) is 11.6 Å². The van der Waals surface area contributed by atoms with Gasteiger partial charge in [-0.1, -0.05) is 13.3 Å². The Bertz CT molecular complexity index is 708. The highest BCUT2D eigenvalue weighted by Crippen LogP contribution is 2.34. The zero-order valence-electron chi connectivity index (χ0n) is 16.6. The molecule has 6 heteroatoms. The molecule has 0 aromatic carbocycles. The molecule has 0 spiro atoms. The van der Waals surface area contributed by atoms with Crippen LogP contribution in [0.4, 0.5) is 0 Å². The van der Waals surface area contributed by atoms with Crippen molar-refractivity contribution in [2.24, 2.45) is 0 Å². The van der Waals surface area contributed by atoms with E-state index >= 15 is 0 Å². The van der Waals surface area contributed by atoms with E-state index in [0.29, 0.717) is 6.04 Å². The molecule has 0 radical (unpaired) electrons. The highest BCUT2D eigenvalue weighted by molar-refractivity contribution is 5.22. The third-order valence-corrected chi connectivity index (χ3v) is 5.01. The van der Waals surface area contributed by atoms with E-state index in [1.54, 1.807) is 0 Å². The second-order valence-corrected chi connectivity index (χ2v) is 7.65. The normalized spacial score (nSPS) is 18.1. The first-order valence-electron chi connectivity index (χ1n) is 9.80. The van der Waals surface area contributed by atoms with E-state index in [1.165, 1.54) is 36.2 Å². The Kier molecular flexibility index (Phi) is 6.38. The van der Waals surface area contributed by atoms with Crippen molar-refractivity contribution < 1.29 is 0 Å². The van der Waals surface area contributed by atoms with Crippen LogP contribution in [0.3, 0.4) is 0 Å². The molecule has 1 fully saturated rings. The highest BCUT2D eigenvalue weighted by atomic mass is 15.2. The summed E-state index contributed by atoms with van der Waals surface area (Å²) >= 11 is 0. The van der Waals surface area contributed by atoms with Crippen molar-refractivity contribution in [3.05, 3.63) is 41.0 Å². The molecule has 0 aliphatic carbocycles. The topological polar surface area (TPSA) is 60.9 Å². The van der Waals surface area contributed by atoms with Crippen LogP contribution in [-0.4, -0.2) is 50.4 Å². The second kappa shape index (κ2) is 8.73. The average Bonchev–Trinajstić information content (AvgIpc) is 3.24. The summed E-state index contributed by atoms with van der Waals surface area (Å²) in [7, 11) is 4.19. The van der Waals surface area contributed by atoms with E-state index < -0.39 is 0 Å².